The van der Waals surface area contributed by atoms with E-state index in [4.69, 9.17) is 4.74 Å². The molecule has 2 aliphatic rings. The highest BCUT2D eigenvalue weighted by Gasteiger charge is 2.29. The molecule has 0 aliphatic carbocycles. The Morgan fingerprint density at radius 2 is 1.81 bits per heavy atom. The lowest BCUT2D eigenvalue weighted by Gasteiger charge is -2.37. The number of hydrogen-bond acceptors (Lipinski definition) is 4. The third-order valence-electron chi connectivity index (χ3n) is 5.10. The molecule has 1 saturated heterocycles. The molecule has 27 heavy (non-hydrogen) atoms. The Bertz CT molecular complexity index is 859. The molecular formula is C21H23N3O3. The predicted molar refractivity (Wildman–Crippen MR) is 104 cm³/mol. The lowest BCUT2D eigenvalue weighted by atomic mass is 10.2. The van der Waals surface area contributed by atoms with E-state index in [2.05, 4.69) is 36.1 Å². The predicted octanol–water partition coefficient (Wildman–Crippen LogP) is 2.07. The highest BCUT2D eigenvalue weighted by molar-refractivity contribution is 6.02. The number of nitrogens with zero attached hydrogens (tertiary/aromatic N) is 3. The standard InChI is InChI=1S/C21H23N3O3/c1-16-5-4-6-17(13-16)22-9-11-23(12-10-22)20(25)14-24-18-7-2-3-8-19(18)27-15-21(24)26/h2-8,13H,9-12,14-15H2,1H3. The molecule has 6 heteroatoms. The summed E-state index contributed by atoms with van der Waals surface area (Å²) < 4.78 is 5.44. The third-order valence-corrected chi connectivity index (χ3v) is 5.10. The Hall–Kier alpha value is -3.02. The van der Waals surface area contributed by atoms with Crippen LogP contribution in [0.15, 0.2) is 48.5 Å². The van der Waals surface area contributed by atoms with Gasteiger partial charge in [-0.3, -0.25) is 14.5 Å². The molecule has 140 valence electrons. The van der Waals surface area contributed by atoms with Crippen LogP contribution in [0, 0.1) is 6.92 Å². The van der Waals surface area contributed by atoms with E-state index in [0.717, 1.165) is 13.1 Å². The molecule has 0 bridgehead atoms. The maximum atomic E-state index is 12.8. The summed E-state index contributed by atoms with van der Waals surface area (Å²) in [6.07, 6.45) is 0. The van der Waals surface area contributed by atoms with Gasteiger partial charge in [0.2, 0.25) is 5.91 Å². The van der Waals surface area contributed by atoms with Crippen molar-refractivity contribution in [1.29, 1.82) is 0 Å². The Morgan fingerprint density at radius 1 is 1.04 bits per heavy atom. The number of rotatable bonds is 3. The van der Waals surface area contributed by atoms with Gasteiger partial charge in [0.1, 0.15) is 12.3 Å². The lowest BCUT2D eigenvalue weighted by Crippen LogP contribution is -2.53. The summed E-state index contributed by atoms with van der Waals surface area (Å²) in [5, 5.41) is 0. The minimum absolute atomic E-state index is 0.0224. The van der Waals surface area contributed by atoms with Gasteiger partial charge >= 0.3 is 0 Å². The van der Waals surface area contributed by atoms with Crippen molar-refractivity contribution in [3.8, 4) is 5.75 Å². The summed E-state index contributed by atoms with van der Waals surface area (Å²) >= 11 is 0. The van der Waals surface area contributed by atoms with Crippen LogP contribution in [0.2, 0.25) is 0 Å². The summed E-state index contributed by atoms with van der Waals surface area (Å²) in [6, 6.07) is 15.8. The first kappa shape index (κ1) is 17.4. The normalized spacial score (nSPS) is 16.8. The second kappa shape index (κ2) is 7.31. The summed E-state index contributed by atoms with van der Waals surface area (Å²) in [4.78, 5) is 30.7. The van der Waals surface area contributed by atoms with Crippen LogP contribution in [0.1, 0.15) is 5.56 Å². The number of carbonyl (C=O) groups is 2. The summed E-state index contributed by atoms with van der Waals surface area (Å²) in [5.41, 5.74) is 3.09. The van der Waals surface area contributed by atoms with E-state index in [1.54, 1.807) is 0 Å². The topological polar surface area (TPSA) is 53.1 Å². The summed E-state index contributed by atoms with van der Waals surface area (Å²) in [7, 11) is 0. The van der Waals surface area contributed by atoms with Gasteiger partial charge in [-0.15, -0.1) is 0 Å². The van der Waals surface area contributed by atoms with Crippen LogP contribution in [0.4, 0.5) is 11.4 Å². The number of aryl methyl sites for hydroxylation is 1. The molecule has 2 aromatic rings. The average molecular weight is 365 g/mol. The largest absolute Gasteiger partial charge is 0.482 e. The number of carbonyl (C=O) groups excluding carboxylic acids is 2. The molecule has 0 unspecified atom stereocenters. The minimum Gasteiger partial charge on any atom is -0.482 e. The van der Waals surface area contributed by atoms with E-state index >= 15 is 0 Å². The monoisotopic (exact) mass is 365 g/mol. The SMILES string of the molecule is Cc1cccc(N2CCN(C(=O)CN3C(=O)COc4ccccc43)CC2)c1. The van der Waals surface area contributed by atoms with Crippen molar-refractivity contribution in [2.45, 2.75) is 6.92 Å². The Balaban J connectivity index is 1.39. The maximum absolute atomic E-state index is 12.8. The molecule has 2 aromatic carbocycles. The molecule has 0 radical (unpaired) electrons. The minimum atomic E-state index is -0.180. The molecule has 0 N–H and O–H groups in total. The molecule has 0 spiro atoms. The molecule has 2 amide bonds. The zero-order valence-corrected chi connectivity index (χ0v) is 15.4. The maximum Gasteiger partial charge on any atom is 0.265 e. The number of ether oxygens (including phenoxy) is 1. The van der Waals surface area contributed by atoms with Gasteiger partial charge in [-0.1, -0.05) is 24.3 Å². The van der Waals surface area contributed by atoms with Crippen LogP contribution in [0.5, 0.6) is 5.75 Å². The molecule has 6 nitrogen and oxygen atoms in total. The molecular weight excluding hydrogens is 342 g/mol. The fourth-order valence-electron chi connectivity index (χ4n) is 3.60. The van der Waals surface area contributed by atoms with Crippen LogP contribution >= 0.6 is 0 Å². The fourth-order valence-corrected chi connectivity index (χ4v) is 3.60. The first-order valence-electron chi connectivity index (χ1n) is 9.23. The van der Waals surface area contributed by atoms with Crippen molar-refractivity contribution in [3.05, 3.63) is 54.1 Å². The van der Waals surface area contributed by atoms with Crippen LogP contribution in [-0.2, 0) is 9.59 Å². The lowest BCUT2D eigenvalue weighted by molar-refractivity contribution is -0.132. The molecule has 0 atom stereocenters. The van der Waals surface area contributed by atoms with E-state index in [1.807, 2.05) is 29.2 Å². The number of benzene rings is 2. The number of para-hydroxylation sites is 2. The molecule has 2 aliphatic heterocycles. The molecule has 0 saturated carbocycles. The van der Waals surface area contributed by atoms with Gasteiger partial charge in [-0.05, 0) is 36.8 Å². The van der Waals surface area contributed by atoms with Crippen LogP contribution in [-0.4, -0.2) is 56.0 Å². The molecule has 2 heterocycles. The smallest absolute Gasteiger partial charge is 0.265 e. The number of amides is 2. The van der Waals surface area contributed by atoms with Gasteiger partial charge in [0.05, 0.1) is 5.69 Å². The average Bonchev–Trinajstić information content (AvgIpc) is 2.70. The van der Waals surface area contributed by atoms with Crippen LogP contribution in [0.25, 0.3) is 0 Å². The first-order valence-corrected chi connectivity index (χ1v) is 9.23. The van der Waals surface area contributed by atoms with E-state index < -0.39 is 0 Å². The molecule has 1 fully saturated rings. The van der Waals surface area contributed by atoms with E-state index in [1.165, 1.54) is 16.2 Å². The Morgan fingerprint density at radius 3 is 2.59 bits per heavy atom. The second-order valence-electron chi connectivity index (χ2n) is 6.94. The first-order chi connectivity index (χ1) is 13.1. The van der Waals surface area contributed by atoms with Crippen molar-refractivity contribution in [2.24, 2.45) is 0 Å². The van der Waals surface area contributed by atoms with E-state index in [9.17, 15) is 9.59 Å². The van der Waals surface area contributed by atoms with Gasteiger partial charge in [-0.25, -0.2) is 0 Å². The highest BCUT2D eigenvalue weighted by atomic mass is 16.5. The van der Waals surface area contributed by atoms with Crippen LogP contribution in [0.3, 0.4) is 0 Å². The summed E-state index contributed by atoms with van der Waals surface area (Å²) in [6.45, 7) is 5.03. The number of anilines is 2. The molecule has 0 aromatic heterocycles. The van der Waals surface area contributed by atoms with Gasteiger partial charge in [-0.2, -0.15) is 0 Å². The molecule has 4 rings (SSSR count). The zero-order valence-electron chi connectivity index (χ0n) is 15.4. The zero-order chi connectivity index (χ0) is 18.8. The second-order valence-corrected chi connectivity index (χ2v) is 6.94. The summed E-state index contributed by atoms with van der Waals surface area (Å²) in [5.74, 6) is 0.443. The van der Waals surface area contributed by atoms with Gasteiger partial charge in [0.15, 0.2) is 6.61 Å². The fraction of sp³-hybridized carbons (Fsp3) is 0.333. The quantitative estimate of drug-likeness (QED) is 0.836. The van der Waals surface area contributed by atoms with Gasteiger partial charge < -0.3 is 14.5 Å². The number of hydrogen-bond donors (Lipinski definition) is 0. The Labute approximate surface area is 158 Å². The third kappa shape index (κ3) is 3.60. The van der Waals surface area contributed by atoms with Crippen molar-refractivity contribution in [1.82, 2.24) is 4.90 Å². The van der Waals surface area contributed by atoms with Crippen molar-refractivity contribution >= 4 is 23.2 Å². The van der Waals surface area contributed by atoms with Crippen molar-refractivity contribution < 1.29 is 14.3 Å². The highest BCUT2D eigenvalue weighted by Crippen LogP contribution is 2.31. The Kier molecular flexibility index (Phi) is 4.71. The van der Waals surface area contributed by atoms with Gasteiger partial charge in [0.25, 0.3) is 5.91 Å². The van der Waals surface area contributed by atoms with E-state index in [-0.39, 0.29) is 25.0 Å². The van der Waals surface area contributed by atoms with E-state index in [0.29, 0.717) is 24.5 Å². The van der Waals surface area contributed by atoms with Crippen molar-refractivity contribution in [2.75, 3.05) is 49.1 Å². The number of fused-ring (bicyclic) bond motifs is 1. The number of piperazine rings is 1. The van der Waals surface area contributed by atoms with Gasteiger partial charge in [0, 0.05) is 31.9 Å². The van der Waals surface area contributed by atoms with Crippen LogP contribution < -0.4 is 14.5 Å². The van der Waals surface area contributed by atoms with Crippen molar-refractivity contribution in [3.63, 3.8) is 0 Å².